The molecule has 16 nitrogen and oxygen atoms in total. The van der Waals surface area contributed by atoms with Crippen molar-refractivity contribution in [2.24, 2.45) is 59.2 Å². The number of carbonyl (C=O) groups is 7. The predicted molar refractivity (Wildman–Crippen MR) is 388 cm³/mol. The predicted octanol–water partition coefficient (Wildman–Crippen LogP) is 14.7. The lowest BCUT2D eigenvalue weighted by molar-refractivity contribution is -0.126. The number of hydrogen-bond acceptors (Lipinski definition) is 9. The maximum absolute atomic E-state index is 11.3. The summed E-state index contributed by atoms with van der Waals surface area (Å²) in [6, 6.07) is 11.1. The van der Waals surface area contributed by atoms with E-state index in [1.54, 1.807) is 0 Å². The smallest absolute Gasteiger partial charge is 0.222 e. The molecule has 3 aliphatic rings. The average molecular weight is 1290 g/mol. The number of nitrogens with one attached hydrogen (secondary N) is 8. The molecule has 0 aromatic heterocycles. The standard InChI is InChI=1S/C11H21NO.C11H15NO.C10H19NO.C9H17NO.C8H17NO.C7H15NO.C7H15N.C6H13NO.C6H13N/c2*1-9(2)11(13)12-8-10-6-4-3-5-7-10;1-8(2)10(12)11-9-6-4-3-5-7-9;1-7(2)9(11)10-8-5-3-4-6-8;1-6(2)7(10)9-8(3,4)5;1-5(2)7(9)8-6(3)4;1-6(2)7(3)8(4)5;1-4-7-6(8)5(2)3;1-5(2)6(3)7-4/h9-10H,3-8H2,1-2H3,(H,12,13);3-7,9H,8H2,1-2H3,(H,12,13);8-9H,3-7H2,1-2H3,(H,11,12);7-8H,3-6H2,1-2H3,(H,10,11);6H,1-5H3,(H,9,10);5-6H,1-4H3,(H,8,9);6H,3H2,1-2,4-5H3;5H,4H2,1-3H3,(H,7,8);5,7H,3H2,1-2,4H3. The van der Waals surface area contributed by atoms with Crippen LogP contribution in [0, 0.1) is 59.2 Å². The minimum Gasteiger partial charge on any atom is -0.392 e. The Kier molecular flexibility index (Phi) is 58.2. The second-order valence-corrected chi connectivity index (χ2v) is 28.6. The van der Waals surface area contributed by atoms with Crippen LogP contribution in [0.15, 0.2) is 54.9 Å². The van der Waals surface area contributed by atoms with Gasteiger partial charge >= 0.3 is 0 Å². The highest BCUT2D eigenvalue weighted by Crippen LogP contribution is 2.23. The summed E-state index contributed by atoms with van der Waals surface area (Å²) in [6.07, 6.45) is 17.9. The van der Waals surface area contributed by atoms with E-state index in [1.165, 1.54) is 95.6 Å². The van der Waals surface area contributed by atoms with Gasteiger partial charge in [-0.3, -0.25) is 33.6 Å². The third-order valence-corrected chi connectivity index (χ3v) is 14.5. The summed E-state index contributed by atoms with van der Waals surface area (Å²) in [6.45, 7) is 56.9. The van der Waals surface area contributed by atoms with Crippen LogP contribution < -0.4 is 42.5 Å². The Morgan fingerprint density at radius 3 is 1.07 bits per heavy atom. The molecule has 91 heavy (non-hydrogen) atoms. The molecule has 3 fully saturated rings. The third-order valence-electron chi connectivity index (χ3n) is 14.5. The van der Waals surface area contributed by atoms with Crippen LogP contribution in [0.25, 0.3) is 0 Å². The highest BCUT2D eigenvalue weighted by atomic mass is 16.2. The molecule has 1 aromatic carbocycles. The van der Waals surface area contributed by atoms with Gasteiger partial charge in [-0.15, -0.1) is 0 Å². The molecule has 0 saturated heterocycles. The first kappa shape index (κ1) is 94.3. The van der Waals surface area contributed by atoms with Gasteiger partial charge < -0.3 is 47.4 Å². The van der Waals surface area contributed by atoms with Gasteiger partial charge in [-0.1, -0.05) is 219 Å². The number of carbonyl (C=O) groups excluding carboxylic acids is 7. The molecule has 3 saturated carbocycles. The van der Waals surface area contributed by atoms with Crippen LogP contribution >= 0.6 is 0 Å². The monoisotopic (exact) mass is 1280 g/mol. The van der Waals surface area contributed by atoms with E-state index in [2.05, 4.69) is 83.4 Å². The largest absolute Gasteiger partial charge is 0.392 e. The maximum atomic E-state index is 11.3. The van der Waals surface area contributed by atoms with E-state index >= 15 is 0 Å². The summed E-state index contributed by atoms with van der Waals surface area (Å²) < 4.78 is 0. The molecule has 7 amide bonds. The lowest BCUT2D eigenvalue weighted by Crippen LogP contribution is -2.42. The number of hydrogen-bond donors (Lipinski definition) is 8. The normalized spacial score (nSPS) is 13.8. The molecule has 3 aliphatic carbocycles. The number of allylic oxidation sites excluding steroid dienone is 2. The Hall–Kier alpha value is -5.41. The van der Waals surface area contributed by atoms with Crippen LogP contribution in [0.1, 0.15) is 262 Å². The summed E-state index contributed by atoms with van der Waals surface area (Å²) in [5.41, 5.74) is 3.32. The maximum Gasteiger partial charge on any atom is 0.222 e. The van der Waals surface area contributed by atoms with Crippen LogP contribution in [-0.2, 0) is 40.1 Å². The zero-order valence-corrected chi connectivity index (χ0v) is 63.6. The van der Waals surface area contributed by atoms with E-state index in [1.807, 2.05) is 195 Å². The van der Waals surface area contributed by atoms with Crippen molar-refractivity contribution in [2.75, 3.05) is 34.2 Å². The van der Waals surface area contributed by atoms with Crippen LogP contribution in [-0.4, -0.2) is 104 Å². The van der Waals surface area contributed by atoms with E-state index in [4.69, 9.17) is 0 Å². The molecular formula is C75H145N9O7. The fraction of sp³-hybridized carbons (Fsp3) is 0.773. The van der Waals surface area contributed by atoms with E-state index < -0.39 is 0 Å². The van der Waals surface area contributed by atoms with Crippen molar-refractivity contribution in [1.29, 1.82) is 0 Å². The number of benzene rings is 1. The lowest BCUT2D eigenvalue weighted by atomic mass is 9.89. The molecule has 0 aliphatic heterocycles. The Labute approximate surface area is 560 Å². The van der Waals surface area contributed by atoms with Crippen molar-refractivity contribution in [3.8, 4) is 0 Å². The van der Waals surface area contributed by atoms with Crippen molar-refractivity contribution in [3.05, 3.63) is 60.4 Å². The van der Waals surface area contributed by atoms with E-state index in [9.17, 15) is 33.6 Å². The van der Waals surface area contributed by atoms with Gasteiger partial charge in [0.15, 0.2) is 0 Å². The van der Waals surface area contributed by atoms with Crippen molar-refractivity contribution in [2.45, 2.75) is 286 Å². The highest BCUT2D eigenvalue weighted by molar-refractivity contribution is 5.80. The molecule has 0 spiro atoms. The zero-order valence-electron chi connectivity index (χ0n) is 63.6. The third kappa shape index (κ3) is 60.6. The molecule has 4 rings (SSSR count). The summed E-state index contributed by atoms with van der Waals surface area (Å²) in [4.78, 5) is 79.5. The highest BCUT2D eigenvalue weighted by Gasteiger charge is 2.20. The topological polar surface area (TPSA) is 219 Å². The van der Waals surface area contributed by atoms with E-state index in [-0.39, 0.29) is 94.4 Å². The first-order valence-electron chi connectivity index (χ1n) is 34.9. The Morgan fingerprint density at radius 2 is 0.813 bits per heavy atom. The molecule has 532 valence electrons. The summed E-state index contributed by atoms with van der Waals surface area (Å²) in [5.74, 6) is 3.74. The molecule has 0 heterocycles. The van der Waals surface area contributed by atoms with Crippen LogP contribution in [0.4, 0.5) is 0 Å². The van der Waals surface area contributed by atoms with Crippen molar-refractivity contribution in [1.82, 2.24) is 47.4 Å². The van der Waals surface area contributed by atoms with E-state index in [0.717, 1.165) is 30.3 Å². The first-order chi connectivity index (χ1) is 42.1. The van der Waals surface area contributed by atoms with Gasteiger partial charge in [0.2, 0.25) is 41.4 Å². The quantitative estimate of drug-likeness (QED) is 0.0660. The fourth-order valence-electron chi connectivity index (χ4n) is 8.03. The van der Waals surface area contributed by atoms with Gasteiger partial charge in [-0.2, -0.15) is 0 Å². The van der Waals surface area contributed by atoms with Crippen LogP contribution in [0.3, 0.4) is 0 Å². The van der Waals surface area contributed by atoms with Crippen LogP contribution in [0.5, 0.6) is 0 Å². The van der Waals surface area contributed by atoms with Gasteiger partial charge in [0.1, 0.15) is 0 Å². The molecule has 0 bridgehead atoms. The van der Waals surface area contributed by atoms with Gasteiger partial charge in [-0.05, 0) is 103 Å². The molecule has 8 N–H and O–H groups in total. The zero-order chi connectivity index (χ0) is 71.6. The SMILES string of the molecule is C=C(C(C)C)N(C)C.C=C(NC)C(C)C.CC(C)C(=O)NC(C)(C)C.CC(C)C(=O)NC1CCCC1.CC(C)C(=O)NC1CCCCC1.CC(C)C(=O)NCC1CCCCC1.CC(C)C(=O)NCc1ccccc1.CC(C)NC(=O)C(C)C.CCNC(=O)C(C)C. The molecule has 16 heteroatoms. The summed E-state index contributed by atoms with van der Waals surface area (Å²) in [5, 5.41) is 23.3. The fourth-order valence-corrected chi connectivity index (χ4v) is 8.03. The van der Waals surface area contributed by atoms with Crippen molar-refractivity contribution < 1.29 is 33.6 Å². The molecule has 0 unspecified atom stereocenters. The van der Waals surface area contributed by atoms with Crippen molar-refractivity contribution in [3.63, 3.8) is 0 Å². The minimum absolute atomic E-state index is 0.0590. The second-order valence-electron chi connectivity index (χ2n) is 28.6. The molecule has 0 atom stereocenters. The average Bonchev–Trinajstić information content (AvgIpc) is 4.20. The van der Waals surface area contributed by atoms with Crippen LogP contribution in [0.2, 0.25) is 0 Å². The van der Waals surface area contributed by atoms with Gasteiger partial charge in [0.25, 0.3) is 0 Å². The van der Waals surface area contributed by atoms with Gasteiger partial charge in [-0.25, -0.2) is 0 Å². The van der Waals surface area contributed by atoms with Crippen molar-refractivity contribution >= 4 is 41.4 Å². The summed E-state index contributed by atoms with van der Waals surface area (Å²) >= 11 is 0. The first-order valence-corrected chi connectivity index (χ1v) is 34.9. The minimum atomic E-state index is -0.0959. The number of nitrogens with zero attached hydrogens (tertiary/aromatic N) is 1. The Bertz CT molecular complexity index is 2050. The molecule has 0 radical (unpaired) electrons. The second kappa shape index (κ2) is 56.2. The number of amides is 7. The van der Waals surface area contributed by atoms with Gasteiger partial charge in [0.05, 0.1) is 0 Å². The number of rotatable bonds is 19. The Morgan fingerprint density at radius 1 is 0.462 bits per heavy atom. The van der Waals surface area contributed by atoms with E-state index in [0.29, 0.717) is 30.5 Å². The molecule has 1 aromatic rings. The summed E-state index contributed by atoms with van der Waals surface area (Å²) in [7, 11) is 5.92. The Balaban J connectivity index is -0.000000307. The van der Waals surface area contributed by atoms with Gasteiger partial charge in [0, 0.05) is 117 Å². The molecular weight excluding hydrogens is 1140 g/mol. The lowest BCUT2D eigenvalue weighted by Gasteiger charge is -2.23.